The summed E-state index contributed by atoms with van der Waals surface area (Å²) < 4.78 is 0. The summed E-state index contributed by atoms with van der Waals surface area (Å²) in [6.07, 6.45) is 1.97. The second-order valence-corrected chi connectivity index (χ2v) is 7.84. The fraction of sp³-hybridized carbons (Fsp3) is 0.381. The van der Waals surface area contributed by atoms with Gasteiger partial charge in [-0.25, -0.2) is 4.99 Å². The van der Waals surface area contributed by atoms with Gasteiger partial charge >= 0.3 is 0 Å². The number of hydrogen-bond donors (Lipinski definition) is 1. The van der Waals surface area contributed by atoms with Crippen molar-refractivity contribution in [2.75, 3.05) is 39.3 Å². The van der Waals surface area contributed by atoms with Crippen LogP contribution in [0, 0.1) is 0 Å². The van der Waals surface area contributed by atoms with Gasteiger partial charge in [-0.2, -0.15) is 0 Å². The molecule has 2 aliphatic rings. The number of para-hydroxylation sites is 1. The monoisotopic (exact) mass is 367 g/mol. The zero-order valence-electron chi connectivity index (χ0n) is 15.0. The smallest absolute Gasteiger partial charge is 0.137 e. The lowest BCUT2D eigenvalue weighted by atomic mass is 10.1. The Morgan fingerprint density at radius 1 is 0.885 bits per heavy atom. The molecule has 0 unspecified atom stereocenters. The maximum atomic E-state index is 8.96. The standard InChI is InChI=1S/C21H25N3OS/c25-16-6-5-11-23-12-14-24(15-13-23)21-17-7-1-3-9-19(17)26-20-10-4-2-8-18(20)22-21/h1-4,7-10,25H,5-6,11-16H2. The topological polar surface area (TPSA) is 39.1 Å². The van der Waals surface area contributed by atoms with Crippen LogP contribution in [0.15, 0.2) is 63.3 Å². The van der Waals surface area contributed by atoms with Gasteiger partial charge in [-0.3, -0.25) is 4.90 Å². The van der Waals surface area contributed by atoms with E-state index in [9.17, 15) is 0 Å². The molecular formula is C21H25N3OS. The van der Waals surface area contributed by atoms with E-state index in [1.54, 1.807) is 0 Å². The molecule has 136 valence electrons. The fourth-order valence-corrected chi connectivity index (χ4v) is 4.56. The highest BCUT2D eigenvalue weighted by molar-refractivity contribution is 7.99. The number of rotatable bonds is 4. The summed E-state index contributed by atoms with van der Waals surface area (Å²) in [6.45, 7) is 5.49. The lowest BCUT2D eigenvalue weighted by molar-refractivity contribution is 0.174. The third-order valence-corrected chi connectivity index (χ3v) is 6.13. The Hall–Kier alpha value is -1.82. The quantitative estimate of drug-likeness (QED) is 0.838. The number of amidine groups is 1. The molecule has 0 amide bonds. The molecule has 4 rings (SSSR count). The van der Waals surface area contributed by atoms with E-state index in [1.165, 1.54) is 15.4 Å². The molecule has 1 saturated heterocycles. The van der Waals surface area contributed by atoms with Gasteiger partial charge in [0, 0.05) is 48.1 Å². The first kappa shape index (κ1) is 17.6. The molecule has 0 aliphatic carbocycles. The van der Waals surface area contributed by atoms with Crippen LogP contribution < -0.4 is 0 Å². The summed E-state index contributed by atoms with van der Waals surface area (Å²) in [4.78, 5) is 12.5. The Morgan fingerprint density at radius 2 is 1.62 bits per heavy atom. The van der Waals surface area contributed by atoms with E-state index in [0.717, 1.165) is 57.1 Å². The number of aliphatic imine (C=N–C) groups is 1. The van der Waals surface area contributed by atoms with Crippen LogP contribution in [0.25, 0.3) is 0 Å². The average molecular weight is 368 g/mol. The largest absolute Gasteiger partial charge is 0.396 e. The van der Waals surface area contributed by atoms with Gasteiger partial charge in [-0.15, -0.1) is 0 Å². The number of aliphatic hydroxyl groups excluding tert-OH is 1. The van der Waals surface area contributed by atoms with Gasteiger partial charge in [0.15, 0.2) is 0 Å². The van der Waals surface area contributed by atoms with Crippen LogP contribution in [0.2, 0.25) is 0 Å². The molecule has 1 N–H and O–H groups in total. The van der Waals surface area contributed by atoms with Gasteiger partial charge < -0.3 is 10.0 Å². The van der Waals surface area contributed by atoms with E-state index in [4.69, 9.17) is 10.1 Å². The summed E-state index contributed by atoms with van der Waals surface area (Å²) in [5.74, 6) is 1.10. The Morgan fingerprint density at radius 3 is 2.42 bits per heavy atom. The lowest BCUT2D eigenvalue weighted by Crippen LogP contribution is -2.49. The van der Waals surface area contributed by atoms with Gasteiger partial charge in [0.2, 0.25) is 0 Å². The molecular weight excluding hydrogens is 342 g/mol. The van der Waals surface area contributed by atoms with Crippen LogP contribution in [-0.4, -0.2) is 60.1 Å². The second-order valence-electron chi connectivity index (χ2n) is 6.76. The van der Waals surface area contributed by atoms with Gasteiger partial charge in [-0.1, -0.05) is 42.1 Å². The molecule has 1 fully saturated rings. The molecule has 26 heavy (non-hydrogen) atoms. The third kappa shape index (κ3) is 3.80. The molecule has 2 aromatic carbocycles. The molecule has 4 nitrogen and oxygen atoms in total. The van der Waals surface area contributed by atoms with Crippen molar-refractivity contribution < 1.29 is 5.11 Å². The maximum absolute atomic E-state index is 8.96. The third-order valence-electron chi connectivity index (χ3n) is 4.99. The first-order valence-corrected chi connectivity index (χ1v) is 10.2. The molecule has 2 aliphatic heterocycles. The summed E-state index contributed by atoms with van der Waals surface area (Å²) >= 11 is 1.81. The minimum Gasteiger partial charge on any atom is -0.396 e. The van der Waals surface area contributed by atoms with Gasteiger partial charge in [0.1, 0.15) is 5.84 Å². The van der Waals surface area contributed by atoms with Gasteiger partial charge in [0.05, 0.1) is 5.69 Å². The molecule has 5 heteroatoms. The average Bonchev–Trinajstić information content (AvgIpc) is 2.85. The molecule has 0 spiro atoms. The first-order chi connectivity index (χ1) is 12.8. The molecule has 0 radical (unpaired) electrons. The number of aliphatic hydroxyl groups is 1. The number of unbranched alkanes of at least 4 members (excludes halogenated alkanes) is 1. The molecule has 0 aromatic heterocycles. The molecule has 0 saturated carbocycles. The molecule has 2 heterocycles. The SMILES string of the molecule is OCCCCN1CCN(C2=Nc3ccccc3Sc3ccccc32)CC1. The summed E-state index contributed by atoms with van der Waals surface area (Å²) in [5.41, 5.74) is 2.30. The zero-order valence-corrected chi connectivity index (χ0v) is 15.8. The van der Waals surface area contributed by atoms with E-state index in [0.29, 0.717) is 6.61 Å². The number of nitrogens with zero attached hydrogens (tertiary/aromatic N) is 3. The van der Waals surface area contributed by atoms with Crippen molar-refractivity contribution in [1.82, 2.24) is 9.80 Å². The number of fused-ring (bicyclic) bond motifs is 2. The van der Waals surface area contributed by atoms with Crippen molar-refractivity contribution in [3.8, 4) is 0 Å². The summed E-state index contributed by atoms with van der Waals surface area (Å²) in [5, 5.41) is 8.96. The fourth-order valence-electron chi connectivity index (χ4n) is 3.54. The Bertz CT molecular complexity index is 784. The maximum Gasteiger partial charge on any atom is 0.137 e. The zero-order chi connectivity index (χ0) is 17.8. The van der Waals surface area contributed by atoms with Crippen LogP contribution in [-0.2, 0) is 0 Å². The van der Waals surface area contributed by atoms with Gasteiger partial charge in [0.25, 0.3) is 0 Å². The molecule has 2 aromatic rings. The van der Waals surface area contributed by atoms with Crippen molar-refractivity contribution >= 4 is 23.3 Å². The number of piperazine rings is 1. The minimum absolute atomic E-state index is 0.296. The van der Waals surface area contributed by atoms with Crippen molar-refractivity contribution in [1.29, 1.82) is 0 Å². The van der Waals surface area contributed by atoms with Crippen molar-refractivity contribution in [2.24, 2.45) is 4.99 Å². The van der Waals surface area contributed by atoms with Crippen LogP contribution in [0.5, 0.6) is 0 Å². The van der Waals surface area contributed by atoms with Gasteiger partial charge in [-0.05, 0) is 37.6 Å². The van der Waals surface area contributed by atoms with E-state index >= 15 is 0 Å². The highest BCUT2D eigenvalue weighted by Gasteiger charge is 2.24. The molecule has 0 bridgehead atoms. The lowest BCUT2D eigenvalue weighted by Gasteiger charge is -2.36. The van der Waals surface area contributed by atoms with E-state index in [-0.39, 0.29) is 0 Å². The number of benzene rings is 2. The molecule has 0 atom stereocenters. The predicted molar refractivity (Wildman–Crippen MR) is 108 cm³/mol. The van der Waals surface area contributed by atoms with Crippen LogP contribution >= 0.6 is 11.8 Å². The Labute approximate surface area is 159 Å². The highest BCUT2D eigenvalue weighted by Crippen LogP contribution is 2.40. The summed E-state index contributed by atoms with van der Waals surface area (Å²) in [7, 11) is 0. The predicted octanol–water partition coefficient (Wildman–Crippen LogP) is 3.62. The van der Waals surface area contributed by atoms with Crippen molar-refractivity contribution in [3.05, 3.63) is 54.1 Å². The van der Waals surface area contributed by atoms with Crippen LogP contribution in [0.4, 0.5) is 5.69 Å². The van der Waals surface area contributed by atoms with Crippen LogP contribution in [0.3, 0.4) is 0 Å². The minimum atomic E-state index is 0.296. The Balaban J connectivity index is 1.56. The van der Waals surface area contributed by atoms with Crippen molar-refractivity contribution in [2.45, 2.75) is 22.6 Å². The summed E-state index contributed by atoms with van der Waals surface area (Å²) in [6, 6.07) is 17.0. The van der Waals surface area contributed by atoms with E-state index in [2.05, 4.69) is 58.3 Å². The van der Waals surface area contributed by atoms with Crippen molar-refractivity contribution in [3.63, 3.8) is 0 Å². The highest BCUT2D eigenvalue weighted by atomic mass is 32.2. The van der Waals surface area contributed by atoms with E-state index in [1.807, 2.05) is 11.8 Å². The number of hydrogen-bond acceptors (Lipinski definition) is 5. The first-order valence-electron chi connectivity index (χ1n) is 9.38. The van der Waals surface area contributed by atoms with Crippen LogP contribution in [0.1, 0.15) is 18.4 Å². The second kappa shape index (κ2) is 8.25. The van der Waals surface area contributed by atoms with E-state index < -0.39 is 0 Å². The Kier molecular flexibility index (Phi) is 5.58. The normalized spacial score (nSPS) is 17.3.